The number of hydrogen-bond acceptors (Lipinski definition) is 4. The van der Waals surface area contributed by atoms with Gasteiger partial charge in [-0.05, 0) is 49.1 Å². The number of carbonyl (C=O) groups is 1. The molecule has 1 N–H and O–H groups in total. The van der Waals surface area contributed by atoms with E-state index in [1.54, 1.807) is 24.3 Å². The van der Waals surface area contributed by atoms with Crippen molar-refractivity contribution in [3.8, 4) is 5.69 Å². The van der Waals surface area contributed by atoms with Crippen molar-refractivity contribution in [1.82, 2.24) is 19.7 Å². The molecule has 3 aromatic rings. The number of carbonyl (C=O) groups excluding carboxylic acids is 1. The molecule has 1 unspecified atom stereocenters. The van der Waals surface area contributed by atoms with Crippen molar-refractivity contribution in [2.24, 2.45) is 0 Å². The fourth-order valence-corrected chi connectivity index (χ4v) is 4.71. The van der Waals surface area contributed by atoms with Crippen molar-refractivity contribution in [3.63, 3.8) is 0 Å². The van der Waals surface area contributed by atoms with Crippen LogP contribution in [-0.2, 0) is 4.79 Å². The Morgan fingerprint density at radius 3 is 2.19 bits per heavy atom. The standard InChI is InChI=1S/C22H19Cl3N4O3/c23-14-6-4-13(5-7-14)19(21(31)28-8-2-1-3-9-28)20-16(24)10-15(11-17(20)25)29-22(32)27-18(30)12-26-29/h4-7,10-12,19H,1-3,8-9H2,(H,27,30,32). The molecule has 1 aromatic heterocycles. The maximum atomic E-state index is 13.6. The molecule has 166 valence electrons. The van der Waals surface area contributed by atoms with Gasteiger partial charge in [0.05, 0.1) is 11.6 Å². The summed E-state index contributed by atoms with van der Waals surface area (Å²) in [5, 5.41) is 4.80. The number of nitrogens with zero attached hydrogens (tertiary/aromatic N) is 3. The summed E-state index contributed by atoms with van der Waals surface area (Å²) in [5.41, 5.74) is 0.0737. The number of piperidine rings is 1. The third kappa shape index (κ3) is 4.60. The highest BCUT2D eigenvalue weighted by Gasteiger charge is 2.32. The second kappa shape index (κ2) is 9.48. The van der Waals surface area contributed by atoms with Crippen LogP contribution in [0, 0.1) is 0 Å². The molecule has 1 aliphatic rings. The Kier molecular flexibility index (Phi) is 6.69. The molecule has 32 heavy (non-hydrogen) atoms. The van der Waals surface area contributed by atoms with Crippen LogP contribution in [-0.4, -0.2) is 38.7 Å². The van der Waals surface area contributed by atoms with E-state index in [0.717, 1.165) is 30.1 Å². The summed E-state index contributed by atoms with van der Waals surface area (Å²) < 4.78 is 0.979. The number of halogens is 3. The minimum absolute atomic E-state index is 0.0945. The highest BCUT2D eigenvalue weighted by Crippen LogP contribution is 2.39. The molecule has 1 saturated heterocycles. The van der Waals surface area contributed by atoms with Gasteiger partial charge in [0.1, 0.15) is 6.20 Å². The summed E-state index contributed by atoms with van der Waals surface area (Å²) in [6, 6.07) is 10.00. The number of H-pyrrole nitrogens is 1. The molecule has 1 fully saturated rings. The lowest BCUT2D eigenvalue weighted by molar-refractivity contribution is -0.132. The summed E-state index contributed by atoms with van der Waals surface area (Å²) in [6.45, 7) is 1.35. The molecule has 2 heterocycles. The van der Waals surface area contributed by atoms with E-state index in [1.807, 2.05) is 4.90 Å². The Morgan fingerprint density at radius 2 is 1.59 bits per heavy atom. The Balaban J connectivity index is 1.83. The highest BCUT2D eigenvalue weighted by molar-refractivity contribution is 6.37. The van der Waals surface area contributed by atoms with Gasteiger partial charge >= 0.3 is 5.69 Å². The molecule has 1 aliphatic heterocycles. The van der Waals surface area contributed by atoms with Gasteiger partial charge in [-0.25, -0.2) is 4.79 Å². The van der Waals surface area contributed by atoms with E-state index >= 15 is 0 Å². The zero-order valence-electron chi connectivity index (χ0n) is 16.9. The maximum Gasteiger partial charge on any atom is 0.349 e. The van der Waals surface area contributed by atoms with Crippen LogP contribution in [0.25, 0.3) is 5.69 Å². The Hall–Kier alpha value is -2.61. The molecule has 10 heteroatoms. The van der Waals surface area contributed by atoms with Crippen LogP contribution in [0.5, 0.6) is 0 Å². The van der Waals surface area contributed by atoms with E-state index in [9.17, 15) is 14.4 Å². The van der Waals surface area contributed by atoms with E-state index in [-0.39, 0.29) is 21.6 Å². The minimum Gasteiger partial charge on any atom is -0.342 e. The van der Waals surface area contributed by atoms with Gasteiger partial charge in [-0.1, -0.05) is 46.9 Å². The van der Waals surface area contributed by atoms with Crippen LogP contribution in [0.3, 0.4) is 0 Å². The van der Waals surface area contributed by atoms with Crippen molar-refractivity contribution >= 4 is 40.7 Å². The van der Waals surface area contributed by atoms with Gasteiger partial charge in [0.25, 0.3) is 5.56 Å². The number of nitrogens with one attached hydrogen (secondary N) is 1. The molecule has 0 saturated carbocycles. The third-order valence-corrected chi connectivity index (χ3v) is 6.31. The first-order valence-corrected chi connectivity index (χ1v) is 11.2. The summed E-state index contributed by atoms with van der Waals surface area (Å²) in [7, 11) is 0. The summed E-state index contributed by atoms with van der Waals surface area (Å²) in [5.74, 6) is -0.831. The Morgan fingerprint density at radius 1 is 0.969 bits per heavy atom. The lowest BCUT2D eigenvalue weighted by Gasteiger charge is -2.31. The van der Waals surface area contributed by atoms with Crippen LogP contribution in [0.2, 0.25) is 15.1 Å². The third-order valence-electron chi connectivity index (χ3n) is 5.43. The largest absolute Gasteiger partial charge is 0.349 e. The molecule has 2 aromatic carbocycles. The zero-order valence-corrected chi connectivity index (χ0v) is 19.1. The lowest BCUT2D eigenvalue weighted by atomic mass is 9.89. The average Bonchev–Trinajstić information content (AvgIpc) is 2.77. The summed E-state index contributed by atoms with van der Waals surface area (Å²) in [4.78, 5) is 41.0. The fraction of sp³-hybridized carbons (Fsp3) is 0.273. The predicted molar refractivity (Wildman–Crippen MR) is 124 cm³/mol. The zero-order chi connectivity index (χ0) is 22.8. The second-order valence-electron chi connectivity index (χ2n) is 7.54. The monoisotopic (exact) mass is 492 g/mol. The van der Waals surface area contributed by atoms with Gasteiger partial charge in [0, 0.05) is 33.7 Å². The first kappa shape index (κ1) is 22.6. The second-order valence-corrected chi connectivity index (χ2v) is 8.80. The van der Waals surface area contributed by atoms with Gasteiger partial charge in [-0.15, -0.1) is 0 Å². The first-order chi connectivity index (χ1) is 15.3. The van der Waals surface area contributed by atoms with E-state index in [1.165, 1.54) is 12.1 Å². The van der Waals surface area contributed by atoms with Crippen LogP contribution in [0.1, 0.15) is 36.3 Å². The van der Waals surface area contributed by atoms with E-state index in [2.05, 4.69) is 10.1 Å². The van der Waals surface area contributed by atoms with E-state index < -0.39 is 17.2 Å². The van der Waals surface area contributed by atoms with Crippen molar-refractivity contribution in [2.75, 3.05) is 13.1 Å². The van der Waals surface area contributed by atoms with Crippen molar-refractivity contribution in [1.29, 1.82) is 0 Å². The predicted octanol–water partition coefficient (Wildman–Crippen LogP) is 4.03. The molecule has 0 radical (unpaired) electrons. The summed E-state index contributed by atoms with van der Waals surface area (Å²) in [6.07, 6.45) is 3.96. The molecular weight excluding hydrogens is 475 g/mol. The molecule has 7 nitrogen and oxygen atoms in total. The number of amides is 1. The number of rotatable bonds is 4. The van der Waals surface area contributed by atoms with Crippen LogP contribution < -0.4 is 11.2 Å². The van der Waals surface area contributed by atoms with Crippen molar-refractivity contribution in [3.05, 3.63) is 89.6 Å². The molecule has 1 atom stereocenters. The average molecular weight is 494 g/mol. The van der Waals surface area contributed by atoms with Gasteiger partial charge < -0.3 is 4.90 Å². The number of likely N-dealkylation sites (tertiary alicyclic amines) is 1. The fourth-order valence-electron chi connectivity index (χ4n) is 3.89. The molecular formula is C22H19Cl3N4O3. The van der Waals surface area contributed by atoms with Gasteiger partial charge in [0.15, 0.2) is 0 Å². The summed E-state index contributed by atoms with van der Waals surface area (Å²) >= 11 is 19.3. The first-order valence-electron chi connectivity index (χ1n) is 10.1. The normalized spacial score (nSPS) is 14.9. The van der Waals surface area contributed by atoms with E-state index in [4.69, 9.17) is 34.8 Å². The molecule has 4 rings (SSSR count). The minimum atomic E-state index is -0.736. The van der Waals surface area contributed by atoms with Crippen LogP contribution in [0.4, 0.5) is 0 Å². The van der Waals surface area contributed by atoms with Gasteiger partial charge in [0.2, 0.25) is 5.91 Å². The number of hydrogen-bond donors (Lipinski definition) is 1. The SMILES string of the molecule is O=C(C(c1ccc(Cl)cc1)c1c(Cl)cc(-n2ncc(=O)[nH]c2=O)cc1Cl)N1CCCCC1. The van der Waals surface area contributed by atoms with E-state index in [0.29, 0.717) is 29.2 Å². The molecule has 0 spiro atoms. The van der Waals surface area contributed by atoms with Crippen molar-refractivity contribution in [2.45, 2.75) is 25.2 Å². The molecule has 0 bridgehead atoms. The highest BCUT2D eigenvalue weighted by atomic mass is 35.5. The lowest BCUT2D eigenvalue weighted by Crippen LogP contribution is -2.39. The number of aromatic nitrogens is 3. The molecule has 0 aliphatic carbocycles. The van der Waals surface area contributed by atoms with Crippen LogP contribution in [0.15, 0.2) is 52.2 Å². The smallest absolute Gasteiger partial charge is 0.342 e. The molecule has 1 amide bonds. The number of aromatic amines is 1. The number of benzene rings is 2. The topological polar surface area (TPSA) is 88.1 Å². The maximum absolute atomic E-state index is 13.6. The van der Waals surface area contributed by atoms with Crippen LogP contribution >= 0.6 is 34.8 Å². The quantitative estimate of drug-likeness (QED) is 0.594. The van der Waals surface area contributed by atoms with Gasteiger partial charge in [-0.3, -0.25) is 14.6 Å². The van der Waals surface area contributed by atoms with Gasteiger partial charge in [-0.2, -0.15) is 9.78 Å². The Labute approximate surface area is 198 Å². The Bertz CT molecular complexity index is 1240. The van der Waals surface area contributed by atoms with Crippen molar-refractivity contribution < 1.29 is 4.79 Å².